The predicted molar refractivity (Wildman–Crippen MR) is 71.7 cm³/mol. The van der Waals surface area contributed by atoms with Crippen LogP contribution in [-0.2, 0) is 10.8 Å². The lowest BCUT2D eigenvalue weighted by Gasteiger charge is -2.06. The van der Waals surface area contributed by atoms with Gasteiger partial charge in [0, 0.05) is 16.6 Å². The van der Waals surface area contributed by atoms with E-state index in [1.807, 2.05) is 0 Å². The van der Waals surface area contributed by atoms with Crippen molar-refractivity contribution in [2.24, 2.45) is 0 Å². The summed E-state index contributed by atoms with van der Waals surface area (Å²) in [5, 5.41) is 8.82. The van der Waals surface area contributed by atoms with Gasteiger partial charge in [0.05, 0.1) is 17.9 Å². The summed E-state index contributed by atoms with van der Waals surface area (Å²) in [7, 11) is -0.849. The van der Waals surface area contributed by atoms with Gasteiger partial charge in [-0.15, -0.1) is 0 Å². The van der Waals surface area contributed by atoms with Gasteiger partial charge in [0.2, 0.25) is 0 Å². The monoisotopic (exact) mass is 270 g/mol. The number of carboxylic acid groups (broad SMARTS) is 1. The summed E-state index contributed by atoms with van der Waals surface area (Å²) in [6.45, 7) is 2.41. The SMILES string of the molecule is CCCCS(=O)CCOc1cccc(C(=O)O)c1. The molecule has 0 bridgehead atoms. The molecular weight excluding hydrogens is 252 g/mol. The molecule has 1 unspecified atom stereocenters. The summed E-state index contributed by atoms with van der Waals surface area (Å²) < 4.78 is 16.9. The second kappa shape index (κ2) is 7.87. The summed E-state index contributed by atoms with van der Waals surface area (Å²) in [4.78, 5) is 10.7. The maximum Gasteiger partial charge on any atom is 0.335 e. The van der Waals surface area contributed by atoms with Crippen LogP contribution in [0.2, 0.25) is 0 Å². The van der Waals surface area contributed by atoms with Crippen LogP contribution in [0.1, 0.15) is 30.1 Å². The molecule has 100 valence electrons. The van der Waals surface area contributed by atoms with E-state index < -0.39 is 16.8 Å². The molecule has 4 nitrogen and oxygen atoms in total. The van der Waals surface area contributed by atoms with Crippen molar-refractivity contribution in [3.05, 3.63) is 29.8 Å². The average Bonchev–Trinajstić information content (AvgIpc) is 2.36. The minimum absolute atomic E-state index is 0.194. The number of benzene rings is 1. The number of carboxylic acids is 1. The normalized spacial score (nSPS) is 12.1. The summed E-state index contributed by atoms with van der Waals surface area (Å²) in [5.41, 5.74) is 0.194. The summed E-state index contributed by atoms with van der Waals surface area (Å²) in [6.07, 6.45) is 1.99. The van der Waals surface area contributed by atoms with Crippen LogP contribution in [0.15, 0.2) is 24.3 Å². The molecule has 0 amide bonds. The Bertz CT molecular complexity index is 417. The zero-order chi connectivity index (χ0) is 13.4. The molecular formula is C13H18O4S. The van der Waals surface area contributed by atoms with Crippen LogP contribution in [-0.4, -0.2) is 33.4 Å². The third kappa shape index (κ3) is 5.31. The zero-order valence-electron chi connectivity index (χ0n) is 10.4. The van der Waals surface area contributed by atoms with Gasteiger partial charge in [0.1, 0.15) is 5.75 Å². The van der Waals surface area contributed by atoms with Gasteiger partial charge in [-0.1, -0.05) is 19.4 Å². The summed E-state index contributed by atoms with van der Waals surface area (Å²) >= 11 is 0. The summed E-state index contributed by atoms with van der Waals surface area (Å²) in [6, 6.07) is 6.31. The number of unbranched alkanes of at least 4 members (excludes halogenated alkanes) is 1. The lowest BCUT2D eigenvalue weighted by Crippen LogP contribution is -2.11. The van der Waals surface area contributed by atoms with Crippen molar-refractivity contribution in [3.8, 4) is 5.75 Å². The number of hydrogen-bond acceptors (Lipinski definition) is 3. The molecule has 1 rings (SSSR count). The Balaban J connectivity index is 2.37. The smallest absolute Gasteiger partial charge is 0.335 e. The maximum atomic E-state index is 11.5. The van der Waals surface area contributed by atoms with E-state index in [1.54, 1.807) is 12.1 Å². The molecule has 0 saturated carbocycles. The Kier molecular flexibility index (Phi) is 6.43. The third-order valence-corrected chi connectivity index (χ3v) is 3.75. The molecule has 1 atom stereocenters. The van der Waals surface area contributed by atoms with Crippen molar-refractivity contribution in [2.45, 2.75) is 19.8 Å². The van der Waals surface area contributed by atoms with Crippen molar-refractivity contribution < 1.29 is 18.8 Å². The largest absolute Gasteiger partial charge is 0.493 e. The first kappa shape index (κ1) is 14.7. The highest BCUT2D eigenvalue weighted by atomic mass is 32.2. The molecule has 0 aliphatic heterocycles. The number of ether oxygens (including phenoxy) is 1. The van der Waals surface area contributed by atoms with Crippen molar-refractivity contribution >= 4 is 16.8 Å². The predicted octanol–water partition coefficient (Wildman–Crippen LogP) is 2.31. The lowest BCUT2D eigenvalue weighted by molar-refractivity contribution is 0.0696. The van der Waals surface area contributed by atoms with Crippen LogP contribution in [0.25, 0.3) is 0 Å². The van der Waals surface area contributed by atoms with E-state index in [4.69, 9.17) is 9.84 Å². The number of aromatic carboxylic acids is 1. The molecule has 1 aromatic carbocycles. The van der Waals surface area contributed by atoms with Crippen molar-refractivity contribution in [1.82, 2.24) is 0 Å². The van der Waals surface area contributed by atoms with Gasteiger partial charge in [-0.3, -0.25) is 4.21 Å². The van der Waals surface area contributed by atoms with E-state index in [-0.39, 0.29) is 5.56 Å². The van der Waals surface area contributed by atoms with Gasteiger partial charge >= 0.3 is 5.97 Å². The fraction of sp³-hybridized carbons (Fsp3) is 0.462. The number of carbonyl (C=O) groups is 1. The molecule has 1 N–H and O–H groups in total. The molecule has 0 fully saturated rings. The molecule has 1 aromatic rings. The molecule has 0 aliphatic carbocycles. The minimum atomic E-state index is -0.980. The van der Waals surface area contributed by atoms with Crippen LogP contribution in [0.5, 0.6) is 5.75 Å². The second-order valence-corrected chi connectivity index (χ2v) is 5.58. The first-order valence-corrected chi connectivity index (χ1v) is 7.43. The van der Waals surface area contributed by atoms with E-state index in [0.717, 1.165) is 12.8 Å². The van der Waals surface area contributed by atoms with E-state index in [0.29, 0.717) is 23.9 Å². The van der Waals surface area contributed by atoms with Crippen molar-refractivity contribution in [3.63, 3.8) is 0 Å². The molecule has 18 heavy (non-hydrogen) atoms. The molecule has 0 heterocycles. The quantitative estimate of drug-likeness (QED) is 0.787. The highest BCUT2D eigenvalue weighted by Gasteiger charge is 2.04. The van der Waals surface area contributed by atoms with Gasteiger partial charge in [0.15, 0.2) is 0 Å². The van der Waals surface area contributed by atoms with Gasteiger partial charge in [0.25, 0.3) is 0 Å². The van der Waals surface area contributed by atoms with E-state index in [2.05, 4.69) is 6.92 Å². The molecule has 0 aromatic heterocycles. The fourth-order valence-corrected chi connectivity index (χ4v) is 2.46. The maximum absolute atomic E-state index is 11.5. The van der Waals surface area contributed by atoms with Crippen LogP contribution < -0.4 is 4.74 Å². The van der Waals surface area contributed by atoms with E-state index >= 15 is 0 Å². The number of hydrogen-bond donors (Lipinski definition) is 1. The Labute approximate surface area is 109 Å². The zero-order valence-corrected chi connectivity index (χ0v) is 11.2. The Morgan fingerprint density at radius 1 is 1.39 bits per heavy atom. The van der Waals surface area contributed by atoms with Crippen molar-refractivity contribution in [2.75, 3.05) is 18.1 Å². The first-order chi connectivity index (χ1) is 8.63. The van der Waals surface area contributed by atoms with Crippen LogP contribution >= 0.6 is 0 Å². The molecule has 5 heteroatoms. The fourth-order valence-electron chi connectivity index (χ4n) is 1.38. The second-order valence-electron chi connectivity index (χ2n) is 3.88. The van der Waals surface area contributed by atoms with Gasteiger partial charge in [-0.05, 0) is 24.6 Å². The van der Waals surface area contributed by atoms with Crippen LogP contribution in [0.4, 0.5) is 0 Å². The third-order valence-electron chi connectivity index (χ3n) is 2.39. The molecule has 0 saturated heterocycles. The number of rotatable bonds is 8. The topological polar surface area (TPSA) is 63.6 Å². The first-order valence-electron chi connectivity index (χ1n) is 5.94. The molecule has 0 radical (unpaired) electrons. The van der Waals surface area contributed by atoms with Crippen molar-refractivity contribution in [1.29, 1.82) is 0 Å². The highest BCUT2D eigenvalue weighted by molar-refractivity contribution is 7.84. The van der Waals surface area contributed by atoms with Gasteiger partial charge in [-0.2, -0.15) is 0 Å². The Hall–Kier alpha value is -1.36. The van der Waals surface area contributed by atoms with Gasteiger partial charge in [-0.25, -0.2) is 4.79 Å². The van der Waals surface area contributed by atoms with Crippen LogP contribution in [0, 0.1) is 0 Å². The highest BCUT2D eigenvalue weighted by Crippen LogP contribution is 2.13. The molecule has 0 aliphatic rings. The van der Waals surface area contributed by atoms with Crippen LogP contribution in [0.3, 0.4) is 0 Å². The average molecular weight is 270 g/mol. The van der Waals surface area contributed by atoms with E-state index in [1.165, 1.54) is 12.1 Å². The molecule has 0 spiro atoms. The Morgan fingerprint density at radius 2 is 2.17 bits per heavy atom. The van der Waals surface area contributed by atoms with E-state index in [9.17, 15) is 9.00 Å². The summed E-state index contributed by atoms with van der Waals surface area (Å²) in [5.74, 6) is 0.709. The van der Waals surface area contributed by atoms with Gasteiger partial charge < -0.3 is 9.84 Å². The standard InChI is InChI=1S/C13H18O4S/c1-2-3-8-18(16)9-7-17-12-6-4-5-11(10-12)13(14)15/h4-6,10H,2-3,7-9H2,1H3,(H,14,15). The Morgan fingerprint density at radius 3 is 2.83 bits per heavy atom. The minimum Gasteiger partial charge on any atom is -0.493 e. The lowest BCUT2D eigenvalue weighted by atomic mass is 10.2.